The molecule has 0 spiro atoms. The number of nitrogens with zero attached hydrogens (tertiary/aromatic N) is 1. The van der Waals surface area contributed by atoms with Crippen molar-refractivity contribution in [2.45, 2.75) is 6.92 Å². The highest BCUT2D eigenvalue weighted by Gasteiger charge is 2.13. The number of pyridine rings is 1. The van der Waals surface area contributed by atoms with Crippen molar-refractivity contribution >= 4 is 33.2 Å². The van der Waals surface area contributed by atoms with Crippen LogP contribution in [-0.4, -0.2) is 18.0 Å². The first kappa shape index (κ1) is 15.3. The van der Waals surface area contributed by atoms with Gasteiger partial charge in [-0.1, -0.05) is 0 Å². The summed E-state index contributed by atoms with van der Waals surface area (Å²) >= 11 is 3.36. The van der Waals surface area contributed by atoms with Crippen molar-refractivity contribution in [1.82, 2.24) is 4.98 Å². The summed E-state index contributed by atoms with van der Waals surface area (Å²) in [6, 6.07) is 6.99. The van der Waals surface area contributed by atoms with Gasteiger partial charge in [0.05, 0.1) is 22.8 Å². The van der Waals surface area contributed by atoms with E-state index in [1.165, 1.54) is 6.20 Å². The van der Waals surface area contributed by atoms with Crippen molar-refractivity contribution < 1.29 is 9.53 Å². The molecule has 1 aromatic heterocycles. The quantitative estimate of drug-likeness (QED) is 0.582. The number of anilines is 2. The number of aromatic nitrogens is 1. The van der Waals surface area contributed by atoms with Crippen LogP contribution in [0.1, 0.15) is 16.1 Å². The highest BCUT2D eigenvalue weighted by molar-refractivity contribution is 9.10. The lowest BCUT2D eigenvalue weighted by molar-refractivity contribution is 0.102. The van der Waals surface area contributed by atoms with Crippen molar-refractivity contribution in [3.8, 4) is 5.75 Å². The third-order valence-corrected chi connectivity index (χ3v) is 3.50. The number of rotatable bonds is 4. The first-order valence-corrected chi connectivity index (χ1v) is 6.92. The fraction of sp³-hybridized carbons (Fsp3) is 0.143. The maximum absolute atomic E-state index is 12.3. The first-order chi connectivity index (χ1) is 10.0. The van der Waals surface area contributed by atoms with Gasteiger partial charge in [0.2, 0.25) is 0 Å². The van der Waals surface area contributed by atoms with E-state index in [1.807, 2.05) is 6.92 Å². The first-order valence-electron chi connectivity index (χ1n) is 6.13. The van der Waals surface area contributed by atoms with E-state index in [4.69, 9.17) is 10.6 Å². The van der Waals surface area contributed by atoms with Crippen LogP contribution >= 0.6 is 15.9 Å². The Labute approximate surface area is 130 Å². The summed E-state index contributed by atoms with van der Waals surface area (Å²) in [7, 11) is 1.56. The summed E-state index contributed by atoms with van der Waals surface area (Å²) in [6.07, 6.45) is 1.48. The van der Waals surface area contributed by atoms with E-state index >= 15 is 0 Å². The summed E-state index contributed by atoms with van der Waals surface area (Å²) < 4.78 is 6.00. The summed E-state index contributed by atoms with van der Waals surface area (Å²) in [6.45, 7) is 1.82. The predicted molar refractivity (Wildman–Crippen MR) is 85.4 cm³/mol. The third kappa shape index (κ3) is 3.50. The van der Waals surface area contributed by atoms with Crippen LogP contribution in [-0.2, 0) is 0 Å². The van der Waals surface area contributed by atoms with Gasteiger partial charge >= 0.3 is 0 Å². The van der Waals surface area contributed by atoms with E-state index < -0.39 is 0 Å². The summed E-state index contributed by atoms with van der Waals surface area (Å²) in [5.41, 5.74) is 4.77. The standard InChI is InChI=1S/C14H15BrN4O2/c1-8-5-12(19-16)10(7-17-8)14(20)18-9-3-4-11(15)13(6-9)21-2/h3-7H,16H2,1-2H3,(H,17,19)(H,18,20). The number of nitrogens with two attached hydrogens (primary N) is 1. The summed E-state index contributed by atoms with van der Waals surface area (Å²) in [4.78, 5) is 16.4. The Hall–Kier alpha value is -2.12. The van der Waals surface area contributed by atoms with Crippen LogP contribution in [0.5, 0.6) is 5.75 Å². The van der Waals surface area contributed by atoms with Crippen LogP contribution in [0.25, 0.3) is 0 Å². The van der Waals surface area contributed by atoms with Crippen molar-refractivity contribution in [3.05, 3.63) is 46.2 Å². The van der Waals surface area contributed by atoms with E-state index in [1.54, 1.807) is 31.4 Å². The molecule has 7 heteroatoms. The predicted octanol–water partition coefficient (Wildman–Crippen LogP) is 2.70. The Balaban J connectivity index is 2.26. The van der Waals surface area contributed by atoms with Gasteiger partial charge in [0, 0.05) is 23.6 Å². The average Bonchev–Trinajstić information content (AvgIpc) is 2.48. The maximum atomic E-state index is 12.3. The Morgan fingerprint density at radius 1 is 1.38 bits per heavy atom. The minimum atomic E-state index is -0.306. The van der Waals surface area contributed by atoms with Crippen LogP contribution in [0.3, 0.4) is 0 Å². The maximum Gasteiger partial charge on any atom is 0.259 e. The zero-order valence-electron chi connectivity index (χ0n) is 11.6. The molecule has 0 aliphatic rings. The van der Waals surface area contributed by atoms with Crippen LogP contribution in [0.15, 0.2) is 34.9 Å². The van der Waals surface area contributed by atoms with Gasteiger partial charge in [0.1, 0.15) is 5.75 Å². The number of hydrogen-bond acceptors (Lipinski definition) is 5. The second-order valence-electron chi connectivity index (χ2n) is 4.32. The number of amides is 1. The molecule has 0 aliphatic heterocycles. The van der Waals surface area contributed by atoms with Gasteiger partial charge in [0.25, 0.3) is 5.91 Å². The van der Waals surface area contributed by atoms with E-state index in [2.05, 4.69) is 31.7 Å². The topological polar surface area (TPSA) is 89.3 Å². The molecule has 110 valence electrons. The highest BCUT2D eigenvalue weighted by atomic mass is 79.9. The molecule has 0 atom stereocenters. The van der Waals surface area contributed by atoms with Gasteiger partial charge < -0.3 is 15.5 Å². The lowest BCUT2D eigenvalue weighted by atomic mass is 10.2. The molecular formula is C14H15BrN4O2. The van der Waals surface area contributed by atoms with Gasteiger partial charge in [0.15, 0.2) is 0 Å². The second-order valence-corrected chi connectivity index (χ2v) is 5.17. The lowest BCUT2D eigenvalue weighted by Gasteiger charge is -2.11. The van der Waals surface area contributed by atoms with Crippen LogP contribution in [0, 0.1) is 6.92 Å². The number of benzene rings is 1. The molecule has 0 aliphatic carbocycles. The number of carbonyl (C=O) groups excluding carboxylic acids is 1. The molecule has 0 saturated heterocycles. The van der Waals surface area contributed by atoms with Gasteiger partial charge in [-0.3, -0.25) is 15.6 Å². The minimum Gasteiger partial charge on any atom is -0.495 e. The fourth-order valence-electron chi connectivity index (χ4n) is 1.80. The Morgan fingerprint density at radius 2 is 2.14 bits per heavy atom. The zero-order valence-corrected chi connectivity index (χ0v) is 13.2. The number of nitrogen functional groups attached to an aromatic ring is 1. The van der Waals surface area contributed by atoms with E-state index in [0.29, 0.717) is 22.7 Å². The molecule has 21 heavy (non-hydrogen) atoms. The molecular weight excluding hydrogens is 336 g/mol. The van der Waals surface area contributed by atoms with Crippen molar-refractivity contribution in [3.63, 3.8) is 0 Å². The molecule has 0 fully saturated rings. The molecule has 0 bridgehead atoms. The average molecular weight is 351 g/mol. The molecule has 2 aromatic rings. The molecule has 0 saturated carbocycles. The normalized spacial score (nSPS) is 10.1. The van der Waals surface area contributed by atoms with Crippen molar-refractivity contribution in [1.29, 1.82) is 0 Å². The zero-order chi connectivity index (χ0) is 15.4. The van der Waals surface area contributed by atoms with Gasteiger partial charge in [-0.2, -0.15) is 0 Å². The molecule has 1 aromatic carbocycles. The monoisotopic (exact) mass is 350 g/mol. The third-order valence-electron chi connectivity index (χ3n) is 2.85. The number of nitrogens with one attached hydrogen (secondary N) is 2. The number of methoxy groups -OCH3 is 1. The number of hydrazine groups is 1. The van der Waals surface area contributed by atoms with E-state index in [9.17, 15) is 4.79 Å². The number of aryl methyl sites for hydroxylation is 1. The molecule has 1 amide bonds. The summed E-state index contributed by atoms with van der Waals surface area (Å²) in [5.74, 6) is 5.76. The van der Waals surface area contributed by atoms with Crippen molar-refractivity contribution in [2.24, 2.45) is 5.84 Å². The van der Waals surface area contributed by atoms with Gasteiger partial charge in [-0.15, -0.1) is 0 Å². The van der Waals surface area contributed by atoms with Crippen LogP contribution in [0.4, 0.5) is 11.4 Å². The van der Waals surface area contributed by atoms with Crippen LogP contribution in [0.2, 0.25) is 0 Å². The Bertz CT molecular complexity index is 676. The van der Waals surface area contributed by atoms with Gasteiger partial charge in [-0.05, 0) is 41.1 Å². The molecule has 0 radical (unpaired) electrons. The largest absolute Gasteiger partial charge is 0.495 e. The highest BCUT2D eigenvalue weighted by Crippen LogP contribution is 2.28. The summed E-state index contributed by atoms with van der Waals surface area (Å²) in [5, 5.41) is 2.78. The van der Waals surface area contributed by atoms with Crippen molar-refractivity contribution in [2.75, 3.05) is 17.9 Å². The SMILES string of the molecule is COc1cc(NC(=O)c2cnc(C)cc2NN)ccc1Br. The fourth-order valence-corrected chi connectivity index (χ4v) is 2.20. The second kappa shape index (κ2) is 6.55. The lowest BCUT2D eigenvalue weighted by Crippen LogP contribution is -2.18. The number of carbonyl (C=O) groups is 1. The Kier molecular flexibility index (Phi) is 4.77. The van der Waals surface area contributed by atoms with E-state index in [0.717, 1.165) is 10.2 Å². The Morgan fingerprint density at radius 3 is 2.81 bits per heavy atom. The molecule has 2 rings (SSSR count). The molecule has 0 unspecified atom stereocenters. The smallest absolute Gasteiger partial charge is 0.259 e. The number of hydrogen-bond donors (Lipinski definition) is 3. The number of ether oxygens (including phenoxy) is 1. The molecule has 1 heterocycles. The molecule has 4 N–H and O–H groups in total. The minimum absolute atomic E-state index is 0.306. The molecule has 6 nitrogen and oxygen atoms in total. The van der Waals surface area contributed by atoms with Gasteiger partial charge in [-0.25, -0.2) is 0 Å². The number of halogens is 1. The van der Waals surface area contributed by atoms with Crippen LogP contribution < -0.4 is 21.3 Å². The van der Waals surface area contributed by atoms with E-state index in [-0.39, 0.29) is 5.91 Å².